The smallest absolute Gasteiger partial charge is 0.172 e. The van der Waals surface area contributed by atoms with Crippen LogP contribution >= 0.6 is 15.9 Å². The highest BCUT2D eigenvalue weighted by Gasteiger charge is 2.33. The van der Waals surface area contributed by atoms with Crippen molar-refractivity contribution in [1.29, 1.82) is 0 Å². The lowest BCUT2D eigenvalue weighted by Gasteiger charge is -2.06. The summed E-state index contributed by atoms with van der Waals surface area (Å²) in [5.41, 5.74) is 9.87. The summed E-state index contributed by atoms with van der Waals surface area (Å²) in [5, 5.41) is 0.941. The number of nitrogens with zero attached hydrogens (tertiary/aromatic N) is 1. The summed E-state index contributed by atoms with van der Waals surface area (Å²) in [6, 6.07) is 13.1. The summed E-state index contributed by atoms with van der Waals surface area (Å²) >= 11 is 3.49. The van der Waals surface area contributed by atoms with Crippen LogP contribution in [0.25, 0.3) is 22.0 Å². The number of halogens is 1. The average molecular weight is 395 g/mol. The van der Waals surface area contributed by atoms with Gasteiger partial charge in [-0.3, -0.25) is 9.59 Å². The number of allylic oxidation sites excluding steroid dienone is 2. The molecule has 2 N–H and O–H groups in total. The number of aromatic nitrogens is 1. The number of nitrogens with two attached hydrogens (primary N) is 1. The second-order valence-electron chi connectivity index (χ2n) is 6.21. The summed E-state index contributed by atoms with van der Waals surface area (Å²) in [5.74, 6) is -0.299. The maximum Gasteiger partial charge on any atom is 0.172 e. The topological polar surface area (TPSA) is 65.1 Å². The van der Waals surface area contributed by atoms with E-state index in [1.54, 1.807) is 18.2 Å². The Morgan fingerprint density at radius 1 is 1.04 bits per heavy atom. The molecule has 4 nitrogen and oxygen atoms in total. The molecule has 0 saturated carbocycles. The predicted octanol–water partition coefficient (Wildman–Crippen LogP) is 3.98. The van der Waals surface area contributed by atoms with Gasteiger partial charge in [0.2, 0.25) is 0 Å². The fourth-order valence-corrected chi connectivity index (χ4v) is 3.81. The van der Waals surface area contributed by atoms with Crippen molar-refractivity contribution in [2.24, 2.45) is 7.05 Å². The van der Waals surface area contributed by atoms with E-state index in [2.05, 4.69) is 15.9 Å². The standard InChI is InChI=1S/C20H15BrN2O2/c1-23-10-15(14-8-12(21)5-6-16(14)23)20-18(25)9-17(24)19(20)11-3-2-4-13(22)7-11/h2-8,10H,9,22H2,1H3. The minimum absolute atomic E-state index is 0.0934. The highest BCUT2D eigenvalue weighted by molar-refractivity contribution is 9.10. The molecule has 0 saturated heterocycles. The Hall–Kier alpha value is -2.66. The van der Waals surface area contributed by atoms with Crippen LogP contribution in [-0.4, -0.2) is 16.1 Å². The average Bonchev–Trinajstić information content (AvgIpc) is 3.03. The number of nitrogen functional groups attached to an aromatic ring is 1. The molecular formula is C20H15BrN2O2. The van der Waals surface area contributed by atoms with Crippen LogP contribution in [0.1, 0.15) is 17.5 Å². The zero-order chi connectivity index (χ0) is 17.7. The van der Waals surface area contributed by atoms with E-state index in [0.29, 0.717) is 22.4 Å². The number of hydrogen-bond acceptors (Lipinski definition) is 3. The number of rotatable bonds is 2. The summed E-state index contributed by atoms with van der Waals surface area (Å²) in [6.45, 7) is 0. The Kier molecular flexibility index (Phi) is 3.62. The maximum atomic E-state index is 12.7. The molecule has 0 bridgehead atoms. The van der Waals surface area contributed by atoms with Gasteiger partial charge >= 0.3 is 0 Å². The summed E-state index contributed by atoms with van der Waals surface area (Å²) in [7, 11) is 1.93. The number of fused-ring (bicyclic) bond motifs is 1. The number of Topliss-reactive ketones (excluding diaryl/α,β-unsaturated/α-hetero) is 2. The van der Waals surface area contributed by atoms with Crippen LogP contribution in [-0.2, 0) is 16.6 Å². The third-order valence-electron chi connectivity index (χ3n) is 4.52. The molecule has 0 atom stereocenters. The minimum Gasteiger partial charge on any atom is -0.399 e. The molecule has 0 fully saturated rings. The molecule has 1 heterocycles. The van der Waals surface area contributed by atoms with Gasteiger partial charge < -0.3 is 10.3 Å². The van der Waals surface area contributed by atoms with Crippen molar-refractivity contribution < 1.29 is 9.59 Å². The predicted molar refractivity (Wildman–Crippen MR) is 103 cm³/mol. The van der Waals surface area contributed by atoms with Gasteiger partial charge in [-0.1, -0.05) is 28.1 Å². The Bertz CT molecular complexity index is 1090. The summed E-state index contributed by atoms with van der Waals surface area (Å²) in [4.78, 5) is 25.2. The van der Waals surface area contributed by atoms with E-state index >= 15 is 0 Å². The van der Waals surface area contributed by atoms with Gasteiger partial charge in [0.25, 0.3) is 0 Å². The quantitative estimate of drug-likeness (QED) is 0.528. The molecule has 3 aromatic rings. The van der Waals surface area contributed by atoms with E-state index in [9.17, 15) is 9.59 Å². The SMILES string of the molecule is Cn1cc(C2=C(c3cccc(N)c3)C(=O)CC2=O)c2cc(Br)ccc21. The molecule has 1 aliphatic carbocycles. The molecule has 0 radical (unpaired) electrons. The second kappa shape index (κ2) is 5.70. The first-order chi connectivity index (χ1) is 12.0. The van der Waals surface area contributed by atoms with Crippen LogP contribution in [0.2, 0.25) is 0 Å². The molecule has 0 spiro atoms. The highest BCUT2D eigenvalue weighted by Crippen LogP contribution is 2.39. The van der Waals surface area contributed by atoms with Crippen molar-refractivity contribution in [2.75, 3.05) is 5.73 Å². The fraction of sp³-hybridized carbons (Fsp3) is 0.100. The second-order valence-corrected chi connectivity index (χ2v) is 7.13. The lowest BCUT2D eigenvalue weighted by Crippen LogP contribution is -1.97. The Morgan fingerprint density at radius 2 is 1.80 bits per heavy atom. The van der Waals surface area contributed by atoms with Gasteiger partial charge in [-0.25, -0.2) is 0 Å². The van der Waals surface area contributed by atoms with E-state index in [0.717, 1.165) is 20.9 Å². The highest BCUT2D eigenvalue weighted by atomic mass is 79.9. The molecule has 25 heavy (non-hydrogen) atoms. The van der Waals surface area contributed by atoms with Crippen LogP contribution in [0, 0.1) is 0 Å². The minimum atomic E-state index is -0.155. The van der Waals surface area contributed by atoms with Gasteiger partial charge in [0, 0.05) is 51.0 Å². The number of aryl methyl sites for hydroxylation is 1. The summed E-state index contributed by atoms with van der Waals surface area (Å²) < 4.78 is 2.90. The Labute approximate surface area is 153 Å². The zero-order valence-electron chi connectivity index (χ0n) is 13.5. The third kappa shape index (κ3) is 2.51. The van der Waals surface area contributed by atoms with E-state index in [-0.39, 0.29) is 18.0 Å². The van der Waals surface area contributed by atoms with Crippen LogP contribution in [0.4, 0.5) is 5.69 Å². The summed E-state index contributed by atoms with van der Waals surface area (Å²) in [6.07, 6.45) is 1.82. The van der Waals surface area contributed by atoms with E-state index < -0.39 is 0 Å². The zero-order valence-corrected chi connectivity index (χ0v) is 15.1. The molecule has 0 unspecified atom stereocenters. The molecular weight excluding hydrogens is 380 g/mol. The molecule has 1 aliphatic rings. The molecule has 5 heteroatoms. The number of benzene rings is 2. The van der Waals surface area contributed by atoms with E-state index in [4.69, 9.17) is 5.73 Å². The van der Waals surface area contributed by atoms with E-state index in [1.807, 2.05) is 42.1 Å². The molecule has 2 aromatic carbocycles. The van der Waals surface area contributed by atoms with Gasteiger partial charge in [-0.05, 0) is 35.9 Å². The normalized spacial score (nSPS) is 14.8. The fourth-order valence-electron chi connectivity index (χ4n) is 3.45. The molecule has 1 aromatic heterocycles. The van der Waals surface area contributed by atoms with E-state index in [1.165, 1.54) is 0 Å². The van der Waals surface area contributed by atoms with Crippen molar-refractivity contribution in [3.05, 3.63) is 64.3 Å². The van der Waals surface area contributed by atoms with Gasteiger partial charge in [-0.15, -0.1) is 0 Å². The molecule has 0 amide bonds. The van der Waals surface area contributed by atoms with Gasteiger partial charge in [0.05, 0.1) is 6.42 Å². The molecule has 4 rings (SSSR count). The van der Waals surface area contributed by atoms with Gasteiger partial charge in [0.1, 0.15) is 0 Å². The number of carbonyl (C=O) groups is 2. The van der Waals surface area contributed by atoms with Crippen molar-refractivity contribution in [2.45, 2.75) is 6.42 Å². The van der Waals surface area contributed by atoms with Crippen LogP contribution in [0.3, 0.4) is 0 Å². The molecule has 0 aliphatic heterocycles. The van der Waals surface area contributed by atoms with Crippen molar-refractivity contribution >= 4 is 55.2 Å². The monoisotopic (exact) mass is 394 g/mol. The lowest BCUT2D eigenvalue weighted by atomic mass is 9.96. The number of anilines is 1. The van der Waals surface area contributed by atoms with Crippen molar-refractivity contribution in [3.8, 4) is 0 Å². The third-order valence-corrected chi connectivity index (χ3v) is 5.02. The number of ketones is 2. The van der Waals surface area contributed by atoms with Gasteiger partial charge in [0.15, 0.2) is 11.6 Å². The van der Waals surface area contributed by atoms with Crippen LogP contribution in [0.5, 0.6) is 0 Å². The molecule has 124 valence electrons. The maximum absolute atomic E-state index is 12.7. The number of carbonyl (C=O) groups excluding carboxylic acids is 2. The largest absolute Gasteiger partial charge is 0.399 e. The van der Waals surface area contributed by atoms with Gasteiger partial charge in [-0.2, -0.15) is 0 Å². The van der Waals surface area contributed by atoms with Crippen LogP contribution in [0.15, 0.2) is 53.1 Å². The first kappa shape index (κ1) is 15.8. The first-order valence-corrected chi connectivity index (χ1v) is 8.66. The Morgan fingerprint density at radius 3 is 2.56 bits per heavy atom. The van der Waals surface area contributed by atoms with Crippen molar-refractivity contribution in [3.63, 3.8) is 0 Å². The Balaban J connectivity index is 2.06. The van der Waals surface area contributed by atoms with Crippen LogP contribution < -0.4 is 5.73 Å². The first-order valence-electron chi connectivity index (χ1n) is 7.87. The van der Waals surface area contributed by atoms with Crippen molar-refractivity contribution in [1.82, 2.24) is 4.57 Å². The lowest BCUT2D eigenvalue weighted by molar-refractivity contribution is -0.119. The number of hydrogen-bond donors (Lipinski definition) is 1.